The lowest BCUT2D eigenvalue weighted by Crippen LogP contribution is -2.13. The van der Waals surface area contributed by atoms with Crippen LogP contribution in [-0.4, -0.2) is 8.42 Å². The minimum atomic E-state index is -3.77. The highest BCUT2D eigenvalue weighted by Crippen LogP contribution is 2.19. The molecule has 108 valence electrons. The number of anilines is 1. The summed E-state index contributed by atoms with van der Waals surface area (Å²) < 4.78 is 40.1. The lowest BCUT2D eigenvalue weighted by atomic mass is 10.2. The molecule has 0 aliphatic rings. The largest absolute Gasteiger partial charge is 0.280 e. The van der Waals surface area contributed by atoms with E-state index in [2.05, 4.69) is 4.72 Å². The second-order valence-corrected chi connectivity index (χ2v) is 6.23. The second kappa shape index (κ2) is 5.94. The minimum Gasteiger partial charge on any atom is -0.280 e. The molecule has 0 saturated carbocycles. The number of hydrogen-bond acceptors (Lipinski definition) is 3. The van der Waals surface area contributed by atoms with Crippen LogP contribution in [0.4, 0.5) is 10.1 Å². The van der Waals surface area contributed by atoms with Crippen molar-refractivity contribution in [2.75, 3.05) is 4.72 Å². The van der Waals surface area contributed by atoms with E-state index in [1.165, 1.54) is 24.3 Å². The lowest BCUT2D eigenvalue weighted by Gasteiger charge is -2.09. The highest BCUT2D eigenvalue weighted by molar-refractivity contribution is 7.92. The van der Waals surface area contributed by atoms with Gasteiger partial charge >= 0.3 is 0 Å². The monoisotopic (exact) mass is 304 g/mol. The summed E-state index contributed by atoms with van der Waals surface area (Å²) >= 11 is 0. The Hall–Kier alpha value is -2.39. The molecule has 0 atom stereocenters. The number of sulfonamides is 1. The first-order valence-electron chi connectivity index (χ1n) is 6.17. The Bertz CT molecular complexity index is 793. The fraction of sp³-hybridized carbons (Fsp3) is 0.133. The molecule has 0 amide bonds. The number of nitrogens with one attached hydrogen (secondary N) is 1. The van der Waals surface area contributed by atoms with E-state index >= 15 is 0 Å². The van der Waals surface area contributed by atoms with Gasteiger partial charge in [-0.3, -0.25) is 4.72 Å². The number of aryl methyl sites for hydroxylation is 1. The van der Waals surface area contributed by atoms with Gasteiger partial charge in [-0.1, -0.05) is 18.2 Å². The van der Waals surface area contributed by atoms with Gasteiger partial charge in [-0.05, 0) is 42.3 Å². The number of nitrogens with zero attached hydrogens (tertiary/aromatic N) is 1. The van der Waals surface area contributed by atoms with Gasteiger partial charge in [0, 0.05) is 0 Å². The fourth-order valence-corrected chi connectivity index (χ4v) is 2.80. The van der Waals surface area contributed by atoms with Gasteiger partial charge in [-0.25, -0.2) is 12.8 Å². The first-order valence-corrected chi connectivity index (χ1v) is 7.65. The molecule has 0 saturated heterocycles. The third-order valence-electron chi connectivity index (χ3n) is 2.94. The average molecular weight is 304 g/mol. The lowest BCUT2D eigenvalue weighted by molar-refractivity contribution is 0.601. The predicted molar refractivity (Wildman–Crippen MR) is 77.7 cm³/mol. The van der Waals surface area contributed by atoms with Crippen molar-refractivity contribution < 1.29 is 12.8 Å². The molecule has 0 radical (unpaired) electrons. The van der Waals surface area contributed by atoms with Gasteiger partial charge < -0.3 is 0 Å². The third-order valence-corrected chi connectivity index (χ3v) is 4.34. The molecule has 2 rings (SSSR count). The normalized spacial score (nSPS) is 10.9. The highest BCUT2D eigenvalue weighted by atomic mass is 32.2. The number of halogens is 1. The van der Waals surface area contributed by atoms with Crippen molar-refractivity contribution in [1.82, 2.24) is 0 Å². The summed E-state index contributed by atoms with van der Waals surface area (Å²) in [5.41, 5.74) is 1.34. The Morgan fingerprint density at radius 3 is 2.43 bits per heavy atom. The van der Waals surface area contributed by atoms with Crippen LogP contribution >= 0.6 is 0 Å². The summed E-state index contributed by atoms with van der Waals surface area (Å²) in [6.07, 6.45) is 0.219. The topological polar surface area (TPSA) is 70.0 Å². The van der Waals surface area contributed by atoms with Gasteiger partial charge in [0.2, 0.25) is 0 Å². The van der Waals surface area contributed by atoms with E-state index in [-0.39, 0.29) is 17.0 Å². The van der Waals surface area contributed by atoms with Gasteiger partial charge in [0.05, 0.1) is 23.1 Å². The van der Waals surface area contributed by atoms with Crippen LogP contribution in [-0.2, 0) is 16.4 Å². The van der Waals surface area contributed by atoms with Crippen LogP contribution in [0.5, 0.6) is 0 Å². The first-order chi connectivity index (χ1) is 9.92. The zero-order valence-electron chi connectivity index (χ0n) is 11.3. The standard InChI is InChI=1S/C15H13FN2O2S/c1-11-2-5-13(10-15(11)16)18-21(19,20)14-6-3-12(4-7-14)8-9-17/h2-7,10,18H,8H2,1H3. The molecule has 0 bridgehead atoms. The van der Waals surface area contributed by atoms with Crippen LogP contribution in [0.2, 0.25) is 0 Å². The van der Waals surface area contributed by atoms with Crippen LogP contribution in [0.25, 0.3) is 0 Å². The molecule has 6 heteroatoms. The molecular weight excluding hydrogens is 291 g/mol. The predicted octanol–water partition coefficient (Wildman–Crippen LogP) is 3.00. The number of nitriles is 1. The molecule has 0 unspecified atom stereocenters. The van der Waals surface area contributed by atoms with Crippen LogP contribution in [0, 0.1) is 24.1 Å². The zero-order chi connectivity index (χ0) is 15.5. The van der Waals surface area contributed by atoms with Crippen LogP contribution in [0.3, 0.4) is 0 Å². The van der Waals surface area contributed by atoms with Gasteiger partial charge in [-0.2, -0.15) is 5.26 Å². The molecule has 2 aromatic carbocycles. The Balaban J connectivity index is 2.25. The number of hydrogen-bond donors (Lipinski definition) is 1. The maximum absolute atomic E-state index is 13.4. The summed E-state index contributed by atoms with van der Waals surface area (Å²) in [5.74, 6) is -0.473. The van der Waals surface area contributed by atoms with E-state index in [0.29, 0.717) is 5.56 Å². The molecule has 4 nitrogen and oxygen atoms in total. The maximum Gasteiger partial charge on any atom is 0.261 e. The smallest absolute Gasteiger partial charge is 0.261 e. The molecule has 0 fully saturated rings. The Labute approximate surface area is 122 Å². The Morgan fingerprint density at radius 1 is 1.19 bits per heavy atom. The van der Waals surface area contributed by atoms with Gasteiger partial charge in [0.1, 0.15) is 5.82 Å². The van der Waals surface area contributed by atoms with Crippen LogP contribution in [0.1, 0.15) is 11.1 Å². The molecule has 0 spiro atoms. The zero-order valence-corrected chi connectivity index (χ0v) is 12.1. The minimum absolute atomic E-state index is 0.0603. The summed E-state index contributed by atoms with van der Waals surface area (Å²) in [6, 6.07) is 12.1. The molecule has 0 aliphatic heterocycles. The molecule has 1 N–H and O–H groups in total. The van der Waals surface area contributed by atoms with E-state index in [9.17, 15) is 12.8 Å². The second-order valence-electron chi connectivity index (χ2n) is 4.55. The van der Waals surface area contributed by atoms with Crippen molar-refractivity contribution in [3.05, 3.63) is 59.4 Å². The molecule has 0 aliphatic carbocycles. The number of rotatable bonds is 4. The molecule has 21 heavy (non-hydrogen) atoms. The third kappa shape index (κ3) is 3.58. The van der Waals surface area contributed by atoms with E-state index < -0.39 is 15.8 Å². The van der Waals surface area contributed by atoms with Crippen molar-refractivity contribution in [2.24, 2.45) is 0 Å². The van der Waals surface area contributed by atoms with Crippen molar-refractivity contribution >= 4 is 15.7 Å². The quantitative estimate of drug-likeness (QED) is 0.944. The molecular formula is C15H13FN2O2S. The van der Waals surface area contributed by atoms with Crippen LogP contribution < -0.4 is 4.72 Å². The summed E-state index contributed by atoms with van der Waals surface area (Å²) in [6.45, 7) is 1.60. The van der Waals surface area contributed by atoms with Gasteiger partial charge in [-0.15, -0.1) is 0 Å². The van der Waals surface area contributed by atoms with Crippen molar-refractivity contribution in [1.29, 1.82) is 5.26 Å². The Kier molecular flexibility index (Phi) is 4.24. The van der Waals surface area contributed by atoms with E-state index in [1.807, 2.05) is 6.07 Å². The van der Waals surface area contributed by atoms with E-state index in [0.717, 1.165) is 11.6 Å². The Morgan fingerprint density at radius 2 is 1.86 bits per heavy atom. The highest BCUT2D eigenvalue weighted by Gasteiger charge is 2.14. The number of benzene rings is 2. The van der Waals surface area contributed by atoms with Gasteiger partial charge in [0.25, 0.3) is 10.0 Å². The van der Waals surface area contributed by atoms with E-state index in [4.69, 9.17) is 5.26 Å². The summed E-state index contributed by atoms with van der Waals surface area (Å²) in [7, 11) is -3.77. The summed E-state index contributed by atoms with van der Waals surface area (Å²) in [5, 5.41) is 8.58. The first kappa shape index (κ1) is 15.0. The molecule has 0 aromatic heterocycles. The van der Waals surface area contributed by atoms with Gasteiger partial charge in [0.15, 0.2) is 0 Å². The molecule has 0 heterocycles. The summed E-state index contributed by atoms with van der Waals surface area (Å²) in [4.78, 5) is 0.0603. The van der Waals surface area contributed by atoms with Crippen molar-refractivity contribution in [2.45, 2.75) is 18.2 Å². The average Bonchev–Trinajstić information content (AvgIpc) is 2.44. The SMILES string of the molecule is Cc1ccc(NS(=O)(=O)c2ccc(CC#N)cc2)cc1F. The van der Waals surface area contributed by atoms with Crippen molar-refractivity contribution in [3.8, 4) is 6.07 Å². The molecule has 2 aromatic rings. The van der Waals surface area contributed by atoms with Crippen molar-refractivity contribution in [3.63, 3.8) is 0 Å². The maximum atomic E-state index is 13.4. The fourth-order valence-electron chi connectivity index (χ4n) is 1.75. The van der Waals surface area contributed by atoms with E-state index in [1.54, 1.807) is 19.1 Å². The van der Waals surface area contributed by atoms with Crippen LogP contribution in [0.15, 0.2) is 47.4 Å².